The van der Waals surface area contributed by atoms with Gasteiger partial charge in [0.15, 0.2) is 0 Å². The Bertz CT molecular complexity index is 995. The van der Waals surface area contributed by atoms with Crippen molar-refractivity contribution in [2.24, 2.45) is 0 Å². The fourth-order valence-electron chi connectivity index (χ4n) is 3.05. The highest BCUT2D eigenvalue weighted by molar-refractivity contribution is 5.83. The summed E-state index contributed by atoms with van der Waals surface area (Å²) in [5.41, 5.74) is -1.55. The standard InChI is InChI=1S/C25H41N5O10/c1-6-9-39-22(33)16-30(14-19(26-18-31)17-38-13-12-37-11-10-36-5)21(32)15-29-8-7-20(27-23(29)34)28-24(35)40-25(2,3)4/h7-8,18-19H,6,9-17H2,1-5H3,(H,26,31)(H,27,28,34,35)/t19-/m1/s1. The van der Waals surface area contributed by atoms with E-state index >= 15 is 0 Å². The molecule has 0 unspecified atom stereocenters. The van der Waals surface area contributed by atoms with E-state index in [1.54, 1.807) is 27.9 Å². The Kier molecular flexibility index (Phi) is 16.1. The largest absolute Gasteiger partial charge is 0.464 e. The molecule has 226 valence electrons. The van der Waals surface area contributed by atoms with E-state index in [9.17, 15) is 24.0 Å². The number of hydrogen-bond acceptors (Lipinski definition) is 11. The molecule has 0 radical (unpaired) electrons. The first-order chi connectivity index (χ1) is 19.0. The van der Waals surface area contributed by atoms with Crippen molar-refractivity contribution < 1.29 is 42.9 Å². The Hall–Kier alpha value is -3.56. The molecule has 0 bridgehead atoms. The van der Waals surface area contributed by atoms with Gasteiger partial charge >= 0.3 is 17.8 Å². The molecule has 3 amide bonds. The molecule has 0 saturated carbocycles. The van der Waals surface area contributed by atoms with Gasteiger partial charge in [0, 0.05) is 19.9 Å². The molecule has 0 saturated heterocycles. The molecule has 2 N–H and O–H groups in total. The summed E-state index contributed by atoms with van der Waals surface area (Å²) in [4.78, 5) is 66.0. The molecule has 0 aliphatic rings. The number of amides is 3. The van der Waals surface area contributed by atoms with E-state index in [0.717, 1.165) is 9.47 Å². The van der Waals surface area contributed by atoms with Crippen molar-refractivity contribution in [1.82, 2.24) is 19.8 Å². The molecule has 0 fully saturated rings. The number of esters is 1. The molecular weight excluding hydrogens is 530 g/mol. The summed E-state index contributed by atoms with van der Waals surface area (Å²) in [5, 5.41) is 4.92. The first-order valence-electron chi connectivity index (χ1n) is 12.8. The Morgan fingerprint density at radius 3 is 2.45 bits per heavy atom. The molecule has 1 atom stereocenters. The van der Waals surface area contributed by atoms with Crippen molar-refractivity contribution in [2.75, 3.05) is 65.2 Å². The monoisotopic (exact) mass is 571 g/mol. The highest BCUT2D eigenvalue weighted by atomic mass is 16.6. The molecule has 1 rings (SSSR count). The highest BCUT2D eigenvalue weighted by Crippen LogP contribution is 2.09. The van der Waals surface area contributed by atoms with Crippen LogP contribution in [0.5, 0.6) is 0 Å². The van der Waals surface area contributed by atoms with Crippen LogP contribution >= 0.6 is 0 Å². The Labute approximate surface area is 233 Å². The number of hydrogen-bond donors (Lipinski definition) is 2. The smallest absolute Gasteiger partial charge is 0.413 e. The Morgan fingerprint density at radius 2 is 1.82 bits per heavy atom. The number of ether oxygens (including phenoxy) is 5. The maximum Gasteiger partial charge on any atom is 0.413 e. The van der Waals surface area contributed by atoms with Crippen molar-refractivity contribution in [3.05, 3.63) is 22.7 Å². The van der Waals surface area contributed by atoms with Crippen LogP contribution < -0.4 is 16.3 Å². The van der Waals surface area contributed by atoms with Crippen LogP contribution in [-0.2, 0) is 44.6 Å². The first kappa shape index (κ1) is 34.5. The van der Waals surface area contributed by atoms with Crippen LogP contribution in [0.25, 0.3) is 0 Å². The second kappa shape index (κ2) is 18.7. The number of anilines is 1. The predicted molar refractivity (Wildman–Crippen MR) is 143 cm³/mol. The van der Waals surface area contributed by atoms with E-state index < -0.39 is 48.4 Å². The van der Waals surface area contributed by atoms with Crippen LogP contribution in [0.2, 0.25) is 0 Å². The number of nitrogens with zero attached hydrogens (tertiary/aromatic N) is 3. The van der Waals surface area contributed by atoms with Crippen LogP contribution in [0.15, 0.2) is 17.1 Å². The van der Waals surface area contributed by atoms with Crippen molar-refractivity contribution in [3.8, 4) is 0 Å². The lowest BCUT2D eigenvalue weighted by atomic mass is 10.2. The van der Waals surface area contributed by atoms with E-state index in [2.05, 4.69) is 15.6 Å². The zero-order valence-electron chi connectivity index (χ0n) is 23.8. The number of aromatic nitrogens is 2. The second-order valence-corrected chi connectivity index (χ2v) is 9.51. The maximum absolute atomic E-state index is 13.2. The van der Waals surface area contributed by atoms with Crippen molar-refractivity contribution in [2.45, 2.75) is 52.3 Å². The molecule has 0 aliphatic carbocycles. The van der Waals surface area contributed by atoms with Crippen LogP contribution in [0.1, 0.15) is 34.1 Å². The number of nitrogens with one attached hydrogen (secondary N) is 2. The van der Waals surface area contributed by atoms with E-state index in [0.29, 0.717) is 32.7 Å². The zero-order chi connectivity index (χ0) is 30.0. The van der Waals surface area contributed by atoms with Gasteiger partial charge in [-0.2, -0.15) is 4.98 Å². The molecule has 1 heterocycles. The molecule has 15 heteroatoms. The van der Waals surface area contributed by atoms with Gasteiger partial charge in [-0.25, -0.2) is 9.59 Å². The second-order valence-electron chi connectivity index (χ2n) is 9.51. The molecule has 40 heavy (non-hydrogen) atoms. The molecule has 0 spiro atoms. The Morgan fingerprint density at radius 1 is 1.12 bits per heavy atom. The van der Waals surface area contributed by atoms with E-state index in [-0.39, 0.29) is 32.2 Å². The van der Waals surface area contributed by atoms with Gasteiger partial charge in [-0.15, -0.1) is 0 Å². The third-order valence-electron chi connectivity index (χ3n) is 4.82. The lowest BCUT2D eigenvalue weighted by Crippen LogP contribution is -2.49. The third kappa shape index (κ3) is 15.1. The molecular formula is C25H41N5O10. The topological polar surface area (TPSA) is 177 Å². The molecule has 15 nitrogen and oxygen atoms in total. The van der Waals surface area contributed by atoms with Gasteiger partial charge in [0.1, 0.15) is 24.5 Å². The van der Waals surface area contributed by atoms with Crippen LogP contribution in [0.4, 0.5) is 10.6 Å². The summed E-state index contributed by atoms with van der Waals surface area (Å²) in [5.74, 6) is -1.30. The number of methoxy groups -OCH3 is 1. The van der Waals surface area contributed by atoms with Gasteiger partial charge in [0.2, 0.25) is 12.3 Å². The third-order valence-corrected chi connectivity index (χ3v) is 4.82. The summed E-state index contributed by atoms with van der Waals surface area (Å²) < 4.78 is 27.0. The minimum atomic E-state index is -0.810. The quantitative estimate of drug-likeness (QED) is 0.131. The summed E-state index contributed by atoms with van der Waals surface area (Å²) in [6.45, 7) is 7.54. The maximum atomic E-state index is 13.2. The highest BCUT2D eigenvalue weighted by Gasteiger charge is 2.23. The summed E-state index contributed by atoms with van der Waals surface area (Å²) >= 11 is 0. The fraction of sp³-hybridized carbons (Fsp3) is 0.680. The predicted octanol–water partition coefficient (Wildman–Crippen LogP) is 0.166. The minimum absolute atomic E-state index is 0.0344. The van der Waals surface area contributed by atoms with Crippen molar-refractivity contribution >= 4 is 30.2 Å². The van der Waals surface area contributed by atoms with Gasteiger partial charge in [0.05, 0.1) is 45.7 Å². The minimum Gasteiger partial charge on any atom is -0.464 e. The van der Waals surface area contributed by atoms with E-state index in [1.807, 2.05) is 6.92 Å². The summed E-state index contributed by atoms with van der Waals surface area (Å²) in [6.07, 6.45) is 1.55. The molecule has 0 aromatic carbocycles. The van der Waals surface area contributed by atoms with Gasteiger partial charge in [-0.3, -0.25) is 24.3 Å². The lowest BCUT2D eigenvalue weighted by Gasteiger charge is -2.27. The van der Waals surface area contributed by atoms with Gasteiger partial charge in [-0.05, 0) is 33.3 Å². The van der Waals surface area contributed by atoms with Crippen LogP contribution in [0.3, 0.4) is 0 Å². The van der Waals surface area contributed by atoms with Crippen molar-refractivity contribution in [3.63, 3.8) is 0 Å². The zero-order valence-corrected chi connectivity index (χ0v) is 23.8. The van der Waals surface area contributed by atoms with E-state index in [1.165, 1.54) is 12.3 Å². The number of carbonyl (C=O) groups is 4. The van der Waals surface area contributed by atoms with Gasteiger partial charge < -0.3 is 33.9 Å². The molecule has 1 aromatic rings. The fourth-order valence-corrected chi connectivity index (χ4v) is 3.05. The first-order valence-corrected chi connectivity index (χ1v) is 12.8. The van der Waals surface area contributed by atoms with Crippen molar-refractivity contribution in [1.29, 1.82) is 0 Å². The van der Waals surface area contributed by atoms with Gasteiger partial charge in [-0.1, -0.05) is 6.92 Å². The summed E-state index contributed by atoms with van der Waals surface area (Å²) in [6, 6.07) is 0.673. The van der Waals surface area contributed by atoms with Gasteiger partial charge in [0.25, 0.3) is 0 Å². The number of rotatable bonds is 19. The lowest BCUT2D eigenvalue weighted by molar-refractivity contribution is -0.150. The van der Waals surface area contributed by atoms with Crippen LogP contribution in [-0.4, -0.2) is 110 Å². The summed E-state index contributed by atoms with van der Waals surface area (Å²) in [7, 11) is 1.56. The average molecular weight is 572 g/mol. The number of carbonyl (C=O) groups excluding carboxylic acids is 4. The van der Waals surface area contributed by atoms with E-state index in [4.69, 9.17) is 23.7 Å². The molecule has 0 aliphatic heterocycles. The average Bonchev–Trinajstić information content (AvgIpc) is 2.86. The Balaban J connectivity index is 2.89. The SMILES string of the molecule is CCCOC(=O)CN(C[C@H](COCCOCCOC)NC=O)C(=O)Cn1ccc(NC(=O)OC(C)(C)C)nc1=O. The normalized spacial score (nSPS) is 11.8. The molecule has 1 aromatic heterocycles. The van der Waals surface area contributed by atoms with Crippen LogP contribution in [0, 0.1) is 0 Å².